The Bertz CT molecular complexity index is 1420. The Labute approximate surface area is 223 Å². The van der Waals surface area contributed by atoms with Crippen molar-refractivity contribution in [2.75, 3.05) is 38.5 Å². The average Bonchev–Trinajstić information content (AvgIpc) is 2.83. The fraction of sp³-hybridized carbons (Fsp3) is 0.174. The monoisotopic (exact) mass is 574 g/mol. The molecule has 0 aliphatic carbocycles. The molecule has 0 bridgehead atoms. The first-order valence-corrected chi connectivity index (χ1v) is 12.6. The number of amides is 1. The highest BCUT2D eigenvalue weighted by molar-refractivity contribution is 7.92. The molecule has 2 N–H and O–H groups in total. The minimum atomic E-state index is -4.31. The van der Waals surface area contributed by atoms with Gasteiger partial charge in [0.2, 0.25) is 0 Å². The summed E-state index contributed by atoms with van der Waals surface area (Å²) in [5, 5.41) is 2.54. The van der Waals surface area contributed by atoms with Crippen LogP contribution < -0.4 is 29.0 Å². The molecule has 0 aliphatic heterocycles. The smallest absolute Gasteiger partial charge is 0.263 e. The van der Waals surface area contributed by atoms with Gasteiger partial charge < -0.3 is 24.3 Å². The zero-order chi connectivity index (χ0) is 26.6. The zero-order valence-electron chi connectivity index (χ0n) is 19.4. The Kier molecular flexibility index (Phi) is 8.67. The van der Waals surface area contributed by atoms with Crippen LogP contribution in [0.1, 0.15) is 10.4 Å². The largest absolute Gasteiger partial charge is 0.495 e. The van der Waals surface area contributed by atoms with Gasteiger partial charge in [0.1, 0.15) is 16.4 Å². The van der Waals surface area contributed by atoms with Crippen molar-refractivity contribution in [3.63, 3.8) is 0 Å². The minimum absolute atomic E-state index is 0.0330. The minimum Gasteiger partial charge on any atom is -0.495 e. The number of halogens is 3. The van der Waals surface area contributed by atoms with E-state index in [9.17, 15) is 13.2 Å². The molecule has 0 unspecified atom stereocenters. The predicted octanol–water partition coefficient (Wildman–Crippen LogP) is 5.73. The molecule has 9 nitrogen and oxygen atoms in total. The summed E-state index contributed by atoms with van der Waals surface area (Å²) >= 11 is 18.6. The molecule has 0 saturated heterocycles. The van der Waals surface area contributed by atoms with Gasteiger partial charge in [0, 0.05) is 17.8 Å². The lowest BCUT2D eigenvalue weighted by molar-refractivity contribution is 0.102. The first kappa shape index (κ1) is 27.5. The van der Waals surface area contributed by atoms with Crippen LogP contribution in [0.2, 0.25) is 15.1 Å². The van der Waals surface area contributed by atoms with E-state index in [0.717, 1.165) is 6.07 Å². The van der Waals surface area contributed by atoms with Crippen LogP contribution in [0.5, 0.6) is 23.0 Å². The number of benzene rings is 3. The summed E-state index contributed by atoms with van der Waals surface area (Å²) in [6.45, 7) is 0. The van der Waals surface area contributed by atoms with Gasteiger partial charge in [0.15, 0.2) is 11.5 Å². The molecule has 13 heteroatoms. The molecule has 0 saturated carbocycles. The van der Waals surface area contributed by atoms with Crippen molar-refractivity contribution in [3.8, 4) is 23.0 Å². The summed E-state index contributed by atoms with van der Waals surface area (Å²) in [6, 6.07) is 9.71. The number of ether oxygens (including phenoxy) is 4. The number of rotatable bonds is 9. The maximum atomic E-state index is 13.2. The highest BCUT2D eigenvalue weighted by Crippen LogP contribution is 2.38. The molecule has 1 amide bonds. The van der Waals surface area contributed by atoms with Gasteiger partial charge in [-0.15, -0.1) is 0 Å². The molecule has 36 heavy (non-hydrogen) atoms. The van der Waals surface area contributed by atoms with Crippen LogP contribution in [-0.4, -0.2) is 42.8 Å². The van der Waals surface area contributed by atoms with E-state index < -0.39 is 15.9 Å². The van der Waals surface area contributed by atoms with Gasteiger partial charge in [-0.3, -0.25) is 9.52 Å². The molecule has 0 heterocycles. The molecular weight excluding hydrogens is 555 g/mol. The molecule has 0 atom stereocenters. The predicted molar refractivity (Wildman–Crippen MR) is 139 cm³/mol. The van der Waals surface area contributed by atoms with E-state index in [1.54, 1.807) is 18.2 Å². The van der Waals surface area contributed by atoms with Gasteiger partial charge in [-0.1, -0.05) is 34.8 Å². The molecular formula is C23H21Cl3N2O7S. The molecule has 0 spiro atoms. The van der Waals surface area contributed by atoms with Gasteiger partial charge in [-0.2, -0.15) is 0 Å². The fourth-order valence-corrected chi connectivity index (χ4v) is 5.32. The lowest BCUT2D eigenvalue weighted by atomic mass is 10.2. The third-order valence-electron chi connectivity index (χ3n) is 4.92. The van der Waals surface area contributed by atoms with E-state index in [2.05, 4.69) is 10.0 Å². The maximum Gasteiger partial charge on any atom is 0.263 e. The van der Waals surface area contributed by atoms with Crippen LogP contribution in [0.25, 0.3) is 0 Å². The summed E-state index contributed by atoms with van der Waals surface area (Å²) < 4.78 is 49.6. The summed E-state index contributed by atoms with van der Waals surface area (Å²) in [5.74, 6) is 0.613. The summed E-state index contributed by atoms with van der Waals surface area (Å²) in [4.78, 5) is 12.6. The number of sulfonamides is 1. The van der Waals surface area contributed by atoms with Gasteiger partial charge in [0.25, 0.3) is 15.9 Å². The van der Waals surface area contributed by atoms with Crippen molar-refractivity contribution < 1.29 is 32.2 Å². The number of methoxy groups -OCH3 is 4. The van der Waals surface area contributed by atoms with E-state index in [1.807, 2.05) is 0 Å². The topological polar surface area (TPSA) is 112 Å². The highest BCUT2D eigenvalue weighted by atomic mass is 35.5. The molecule has 0 fully saturated rings. The van der Waals surface area contributed by atoms with Crippen LogP contribution in [0.4, 0.5) is 11.4 Å². The Morgan fingerprint density at radius 2 is 1.36 bits per heavy atom. The lowest BCUT2D eigenvalue weighted by Gasteiger charge is -2.16. The van der Waals surface area contributed by atoms with Crippen LogP contribution >= 0.6 is 34.8 Å². The quantitative estimate of drug-likeness (QED) is 0.335. The van der Waals surface area contributed by atoms with Crippen molar-refractivity contribution >= 4 is 62.1 Å². The van der Waals surface area contributed by atoms with Gasteiger partial charge in [0.05, 0.1) is 54.8 Å². The third kappa shape index (κ3) is 5.84. The van der Waals surface area contributed by atoms with Crippen molar-refractivity contribution in [2.24, 2.45) is 0 Å². The SMILES string of the molecule is COc1cc(OC)c(NS(=O)(=O)c2cc(C(=O)Nc3ccc(OC)c(OC)c3)c(Cl)cc2Cl)cc1Cl. The highest BCUT2D eigenvalue weighted by Gasteiger charge is 2.25. The van der Waals surface area contributed by atoms with Gasteiger partial charge >= 0.3 is 0 Å². The number of carbonyl (C=O) groups excluding carboxylic acids is 1. The van der Waals surface area contributed by atoms with Crippen LogP contribution in [0, 0.1) is 0 Å². The van der Waals surface area contributed by atoms with Crippen molar-refractivity contribution in [2.45, 2.75) is 4.90 Å². The van der Waals surface area contributed by atoms with E-state index in [4.69, 9.17) is 53.8 Å². The Morgan fingerprint density at radius 1 is 0.722 bits per heavy atom. The Hall–Kier alpha value is -3.05. The Morgan fingerprint density at radius 3 is 1.97 bits per heavy atom. The van der Waals surface area contributed by atoms with Crippen molar-refractivity contribution in [1.29, 1.82) is 0 Å². The second kappa shape index (κ2) is 11.3. The summed E-state index contributed by atoms with van der Waals surface area (Å²) in [5.41, 5.74) is 0.269. The molecule has 0 radical (unpaired) electrons. The number of carbonyl (C=O) groups is 1. The van der Waals surface area contributed by atoms with Crippen LogP contribution in [-0.2, 0) is 10.0 Å². The van der Waals surface area contributed by atoms with E-state index in [1.165, 1.54) is 46.6 Å². The van der Waals surface area contributed by atoms with E-state index in [-0.39, 0.29) is 42.7 Å². The average molecular weight is 576 g/mol. The molecule has 3 aromatic rings. The lowest BCUT2D eigenvalue weighted by Crippen LogP contribution is -2.17. The number of hydrogen-bond donors (Lipinski definition) is 2. The van der Waals surface area contributed by atoms with Crippen LogP contribution in [0.3, 0.4) is 0 Å². The van der Waals surface area contributed by atoms with Crippen molar-refractivity contribution in [1.82, 2.24) is 0 Å². The summed E-state index contributed by atoms with van der Waals surface area (Å²) in [7, 11) is 1.38. The molecule has 192 valence electrons. The third-order valence-corrected chi connectivity index (χ3v) is 7.35. The molecule has 0 aromatic heterocycles. The molecule has 3 rings (SSSR count). The normalized spacial score (nSPS) is 11.0. The first-order valence-electron chi connectivity index (χ1n) is 10.0. The van der Waals surface area contributed by atoms with E-state index in [0.29, 0.717) is 17.2 Å². The van der Waals surface area contributed by atoms with Crippen molar-refractivity contribution in [3.05, 3.63) is 63.1 Å². The van der Waals surface area contributed by atoms with Gasteiger partial charge in [-0.05, 0) is 30.3 Å². The van der Waals surface area contributed by atoms with Crippen LogP contribution in [0.15, 0.2) is 47.4 Å². The zero-order valence-corrected chi connectivity index (χ0v) is 22.5. The molecule has 3 aromatic carbocycles. The second-order valence-corrected chi connectivity index (χ2v) is 9.95. The fourth-order valence-electron chi connectivity index (χ4n) is 3.16. The number of anilines is 2. The second-order valence-electron chi connectivity index (χ2n) is 7.08. The molecule has 0 aliphatic rings. The standard InChI is InChI=1S/C23H21Cl3N2O7S/c1-32-18-6-5-12(7-21(18)35-4)27-23(29)13-8-22(16(26)9-14(13)24)36(30,31)28-17-10-15(25)19(33-2)11-20(17)34-3/h5-11,28H,1-4H3,(H,27,29). The Balaban J connectivity index is 1.97. The number of nitrogens with one attached hydrogen (secondary N) is 2. The van der Waals surface area contributed by atoms with Gasteiger partial charge in [-0.25, -0.2) is 8.42 Å². The first-order chi connectivity index (χ1) is 17.0. The maximum absolute atomic E-state index is 13.2. The summed E-state index contributed by atoms with van der Waals surface area (Å²) in [6.07, 6.45) is 0. The number of hydrogen-bond acceptors (Lipinski definition) is 7. The van der Waals surface area contributed by atoms with E-state index >= 15 is 0 Å².